The van der Waals surface area contributed by atoms with Crippen LogP contribution < -0.4 is 0 Å². The minimum absolute atomic E-state index is 0.0613. The van der Waals surface area contributed by atoms with Crippen LogP contribution in [0.25, 0.3) is 0 Å². The number of aliphatic hydroxyl groups excluding tert-OH is 1. The van der Waals surface area contributed by atoms with Gasteiger partial charge in [0.15, 0.2) is 0 Å². The summed E-state index contributed by atoms with van der Waals surface area (Å²) in [6, 6.07) is 6.76. The van der Waals surface area contributed by atoms with Crippen LogP contribution in [0.15, 0.2) is 18.2 Å². The van der Waals surface area contributed by atoms with Crippen molar-refractivity contribution < 1.29 is 9.90 Å². The van der Waals surface area contributed by atoms with Crippen molar-refractivity contribution in [2.45, 2.75) is 45.6 Å². The van der Waals surface area contributed by atoms with Gasteiger partial charge in [-0.2, -0.15) is 0 Å². The first kappa shape index (κ1) is 14.1. The molecule has 1 aliphatic carbocycles. The van der Waals surface area contributed by atoms with Crippen molar-refractivity contribution in [3.8, 4) is 0 Å². The lowest BCUT2D eigenvalue weighted by Gasteiger charge is -2.21. The number of benzene rings is 1. The van der Waals surface area contributed by atoms with Gasteiger partial charge in [0, 0.05) is 19.0 Å². The van der Waals surface area contributed by atoms with E-state index >= 15 is 0 Å². The summed E-state index contributed by atoms with van der Waals surface area (Å²) < 4.78 is 0. The Bertz CT molecular complexity index is 452. The van der Waals surface area contributed by atoms with Crippen LogP contribution in [0.3, 0.4) is 0 Å². The molecule has 0 unspecified atom stereocenters. The van der Waals surface area contributed by atoms with Crippen LogP contribution in [-0.2, 0) is 11.2 Å². The smallest absolute Gasteiger partial charge is 0.223 e. The number of carbonyl (C=O) groups is 1. The zero-order valence-electron chi connectivity index (χ0n) is 11.9. The maximum absolute atomic E-state index is 12.2. The maximum atomic E-state index is 12.2. The number of aryl methyl sites for hydroxylation is 3. The monoisotopic (exact) mass is 261 g/mol. The molecule has 0 aliphatic heterocycles. The summed E-state index contributed by atoms with van der Waals surface area (Å²) in [6.45, 7) is 4.72. The van der Waals surface area contributed by atoms with Gasteiger partial charge in [0.2, 0.25) is 5.91 Å². The van der Waals surface area contributed by atoms with Crippen LogP contribution in [-0.4, -0.2) is 35.1 Å². The SMILES string of the molecule is Cc1ccc(CCC(=O)N(CCO)C2CC2)c(C)c1. The summed E-state index contributed by atoms with van der Waals surface area (Å²) in [5, 5.41) is 9.03. The second-order valence-electron chi connectivity index (χ2n) is 5.47. The first-order chi connectivity index (χ1) is 9.11. The summed E-state index contributed by atoms with van der Waals surface area (Å²) >= 11 is 0. The molecular weight excluding hydrogens is 238 g/mol. The van der Waals surface area contributed by atoms with E-state index in [0.29, 0.717) is 19.0 Å². The molecular formula is C16H23NO2. The maximum Gasteiger partial charge on any atom is 0.223 e. The van der Waals surface area contributed by atoms with Crippen LogP contribution in [0.5, 0.6) is 0 Å². The fourth-order valence-corrected chi connectivity index (χ4v) is 2.52. The van der Waals surface area contributed by atoms with Gasteiger partial charge in [-0.3, -0.25) is 4.79 Å². The standard InChI is InChI=1S/C16H23NO2/c1-12-3-4-14(13(2)11-12)5-8-16(19)17(9-10-18)15-6-7-15/h3-4,11,15,18H,5-10H2,1-2H3. The Morgan fingerprint density at radius 2 is 2.11 bits per heavy atom. The van der Waals surface area contributed by atoms with Gasteiger partial charge < -0.3 is 10.0 Å². The minimum Gasteiger partial charge on any atom is -0.395 e. The summed E-state index contributed by atoms with van der Waals surface area (Å²) in [7, 11) is 0. The van der Waals surface area contributed by atoms with Gasteiger partial charge in [0.25, 0.3) is 0 Å². The van der Waals surface area contributed by atoms with Gasteiger partial charge in [-0.15, -0.1) is 0 Å². The number of nitrogens with zero attached hydrogens (tertiary/aromatic N) is 1. The number of aliphatic hydroxyl groups is 1. The zero-order chi connectivity index (χ0) is 13.8. The molecule has 0 aromatic heterocycles. The Balaban J connectivity index is 1.91. The number of rotatable bonds is 6. The molecule has 1 amide bonds. The van der Waals surface area contributed by atoms with Crippen molar-refractivity contribution in [3.05, 3.63) is 34.9 Å². The average Bonchev–Trinajstić information content (AvgIpc) is 3.18. The number of hydrogen-bond donors (Lipinski definition) is 1. The predicted octanol–water partition coefficient (Wildman–Crippen LogP) is 2.22. The van der Waals surface area contributed by atoms with E-state index < -0.39 is 0 Å². The van der Waals surface area contributed by atoms with Gasteiger partial charge in [0.1, 0.15) is 0 Å². The molecule has 1 fully saturated rings. The van der Waals surface area contributed by atoms with Gasteiger partial charge in [-0.05, 0) is 44.2 Å². The van der Waals surface area contributed by atoms with Crippen molar-refractivity contribution in [3.63, 3.8) is 0 Å². The van der Waals surface area contributed by atoms with Crippen molar-refractivity contribution >= 4 is 5.91 Å². The molecule has 3 nitrogen and oxygen atoms in total. The molecule has 0 radical (unpaired) electrons. The van der Waals surface area contributed by atoms with Crippen molar-refractivity contribution in [1.29, 1.82) is 0 Å². The van der Waals surface area contributed by atoms with Gasteiger partial charge in [0.05, 0.1) is 6.61 Å². The van der Waals surface area contributed by atoms with Crippen LogP contribution in [0.2, 0.25) is 0 Å². The topological polar surface area (TPSA) is 40.5 Å². The molecule has 1 aromatic rings. The van der Waals surface area contributed by atoms with E-state index in [9.17, 15) is 4.79 Å². The molecule has 0 spiro atoms. The molecule has 1 saturated carbocycles. The van der Waals surface area contributed by atoms with Crippen molar-refractivity contribution in [2.24, 2.45) is 0 Å². The first-order valence-corrected chi connectivity index (χ1v) is 7.08. The highest BCUT2D eigenvalue weighted by Crippen LogP contribution is 2.27. The highest BCUT2D eigenvalue weighted by molar-refractivity contribution is 5.77. The molecule has 1 aromatic carbocycles. The third kappa shape index (κ3) is 3.80. The summed E-state index contributed by atoms with van der Waals surface area (Å²) in [5.74, 6) is 0.177. The van der Waals surface area contributed by atoms with Crippen LogP contribution in [0.4, 0.5) is 0 Å². The largest absolute Gasteiger partial charge is 0.395 e. The molecule has 1 aliphatic rings. The van der Waals surface area contributed by atoms with E-state index in [2.05, 4.69) is 32.0 Å². The van der Waals surface area contributed by atoms with Crippen molar-refractivity contribution in [2.75, 3.05) is 13.2 Å². The lowest BCUT2D eigenvalue weighted by atomic mass is 10.0. The Labute approximate surface area is 115 Å². The second-order valence-corrected chi connectivity index (χ2v) is 5.47. The highest BCUT2D eigenvalue weighted by Gasteiger charge is 2.31. The molecule has 0 heterocycles. The summed E-state index contributed by atoms with van der Waals surface area (Å²) in [5.41, 5.74) is 3.76. The number of amides is 1. The van der Waals surface area contributed by atoms with Crippen LogP contribution >= 0.6 is 0 Å². The minimum atomic E-state index is 0.0613. The van der Waals surface area contributed by atoms with Gasteiger partial charge in [-0.25, -0.2) is 0 Å². The Morgan fingerprint density at radius 1 is 1.37 bits per heavy atom. The summed E-state index contributed by atoms with van der Waals surface area (Å²) in [4.78, 5) is 14.0. The Hall–Kier alpha value is -1.35. The predicted molar refractivity (Wildman–Crippen MR) is 76.1 cm³/mol. The van der Waals surface area contributed by atoms with Crippen LogP contribution in [0, 0.1) is 13.8 Å². The summed E-state index contributed by atoms with van der Waals surface area (Å²) in [6.07, 6.45) is 3.52. The Morgan fingerprint density at radius 3 is 2.68 bits per heavy atom. The third-order valence-electron chi connectivity index (χ3n) is 3.76. The average molecular weight is 261 g/mol. The zero-order valence-corrected chi connectivity index (χ0v) is 11.9. The van der Waals surface area contributed by atoms with E-state index in [1.165, 1.54) is 16.7 Å². The molecule has 0 bridgehead atoms. The van der Waals surface area contributed by atoms with E-state index in [4.69, 9.17) is 5.11 Å². The first-order valence-electron chi connectivity index (χ1n) is 7.08. The second kappa shape index (κ2) is 6.20. The molecule has 19 heavy (non-hydrogen) atoms. The van der Waals surface area contributed by atoms with E-state index in [1.54, 1.807) is 0 Å². The number of hydrogen-bond acceptors (Lipinski definition) is 2. The third-order valence-corrected chi connectivity index (χ3v) is 3.76. The van der Waals surface area contributed by atoms with E-state index in [0.717, 1.165) is 19.3 Å². The lowest BCUT2D eigenvalue weighted by molar-refractivity contribution is -0.132. The van der Waals surface area contributed by atoms with Crippen molar-refractivity contribution in [1.82, 2.24) is 4.90 Å². The van der Waals surface area contributed by atoms with Crippen LogP contribution in [0.1, 0.15) is 36.0 Å². The molecule has 0 saturated heterocycles. The fraction of sp³-hybridized carbons (Fsp3) is 0.562. The molecule has 1 N–H and O–H groups in total. The van der Waals surface area contributed by atoms with Gasteiger partial charge >= 0.3 is 0 Å². The molecule has 104 valence electrons. The highest BCUT2D eigenvalue weighted by atomic mass is 16.3. The van der Waals surface area contributed by atoms with Gasteiger partial charge in [-0.1, -0.05) is 23.8 Å². The molecule has 3 heteroatoms. The Kier molecular flexibility index (Phi) is 4.59. The fourth-order valence-electron chi connectivity index (χ4n) is 2.52. The molecule has 2 rings (SSSR count). The quantitative estimate of drug-likeness (QED) is 0.853. The normalized spacial score (nSPS) is 14.5. The van der Waals surface area contributed by atoms with E-state index in [1.807, 2.05) is 4.90 Å². The lowest BCUT2D eigenvalue weighted by Crippen LogP contribution is -2.35. The van der Waals surface area contributed by atoms with E-state index in [-0.39, 0.29) is 12.5 Å². The molecule has 0 atom stereocenters. The number of carbonyl (C=O) groups excluding carboxylic acids is 1.